The highest BCUT2D eigenvalue weighted by atomic mass is 79.9. The van der Waals surface area contributed by atoms with Crippen molar-refractivity contribution in [2.75, 3.05) is 7.11 Å². The molecule has 2 aromatic rings. The van der Waals surface area contributed by atoms with Crippen LogP contribution in [0.15, 0.2) is 37.9 Å². The Bertz CT molecular complexity index is 542. The van der Waals surface area contributed by atoms with Gasteiger partial charge in [-0.2, -0.15) is 0 Å². The normalized spacial score (nSPS) is 12.4. The van der Waals surface area contributed by atoms with E-state index in [4.69, 9.17) is 10.5 Å². The quantitative estimate of drug-likeness (QED) is 0.832. The molecule has 0 saturated carbocycles. The number of hydrogen-bond acceptors (Lipinski definition) is 3. The predicted octanol–water partition coefficient (Wildman–Crippen LogP) is 4.52. The number of thiophene rings is 1. The van der Waals surface area contributed by atoms with Gasteiger partial charge in [-0.3, -0.25) is 0 Å². The van der Waals surface area contributed by atoms with Crippen LogP contribution in [-0.4, -0.2) is 7.11 Å². The van der Waals surface area contributed by atoms with Gasteiger partial charge in [-0.1, -0.05) is 18.2 Å². The maximum atomic E-state index is 6.27. The van der Waals surface area contributed by atoms with E-state index in [1.165, 1.54) is 0 Å². The molecule has 0 bridgehead atoms. The van der Waals surface area contributed by atoms with Crippen molar-refractivity contribution in [3.8, 4) is 5.75 Å². The lowest BCUT2D eigenvalue weighted by Gasteiger charge is -2.13. The van der Waals surface area contributed by atoms with E-state index >= 15 is 0 Å². The summed E-state index contributed by atoms with van der Waals surface area (Å²) in [5.74, 6) is 0.887. The van der Waals surface area contributed by atoms with Crippen molar-refractivity contribution in [2.45, 2.75) is 12.5 Å². The third kappa shape index (κ3) is 3.15. The molecule has 1 aromatic carbocycles. The number of para-hydroxylation sites is 1. The predicted molar refractivity (Wildman–Crippen MR) is 83.3 cm³/mol. The van der Waals surface area contributed by atoms with Crippen molar-refractivity contribution in [3.05, 3.63) is 49.0 Å². The Balaban J connectivity index is 2.21. The minimum Gasteiger partial charge on any atom is -0.496 e. The molecular formula is C13H13Br2NOS. The monoisotopic (exact) mass is 389 g/mol. The Morgan fingerprint density at radius 3 is 2.67 bits per heavy atom. The molecule has 0 fully saturated rings. The fourth-order valence-electron chi connectivity index (χ4n) is 1.82. The smallest absolute Gasteiger partial charge is 0.122 e. The highest BCUT2D eigenvalue weighted by Crippen LogP contribution is 2.36. The van der Waals surface area contributed by atoms with Crippen LogP contribution in [-0.2, 0) is 6.42 Å². The van der Waals surface area contributed by atoms with Gasteiger partial charge in [0.1, 0.15) is 5.75 Å². The molecule has 5 heteroatoms. The minimum atomic E-state index is -0.0433. The summed E-state index contributed by atoms with van der Waals surface area (Å²) in [4.78, 5) is 0. The molecule has 2 N–H and O–H groups in total. The maximum absolute atomic E-state index is 6.27. The summed E-state index contributed by atoms with van der Waals surface area (Å²) in [6, 6.07) is 10.00. The molecule has 0 radical (unpaired) electrons. The average molecular weight is 391 g/mol. The Morgan fingerprint density at radius 2 is 2.06 bits per heavy atom. The van der Waals surface area contributed by atoms with Crippen LogP contribution in [0.5, 0.6) is 5.75 Å². The van der Waals surface area contributed by atoms with Crippen molar-refractivity contribution in [1.82, 2.24) is 0 Å². The van der Waals surface area contributed by atoms with E-state index in [-0.39, 0.29) is 6.04 Å². The fraction of sp³-hybridized carbons (Fsp3) is 0.231. The van der Waals surface area contributed by atoms with Gasteiger partial charge < -0.3 is 10.5 Å². The Kier molecular flexibility index (Phi) is 4.84. The van der Waals surface area contributed by atoms with Crippen molar-refractivity contribution in [3.63, 3.8) is 0 Å². The molecule has 96 valence electrons. The third-order valence-electron chi connectivity index (χ3n) is 2.71. The number of ether oxygens (including phenoxy) is 1. The SMILES string of the molecule is COc1ccccc1CC(N)c1cc(Br)sc1Br. The Labute approximate surface area is 127 Å². The van der Waals surface area contributed by atoms with Crippen LogP contribution in [0.1, 0.15) is 17.2 Å². The number of methoxy groups -OCH3 is 1. The first kappa shape index (κ1) is 14.1. The van der Waals surface area contributed by atoms with E-state index in [0.29, 0.717) is 0 Å². The molecule has 18 heavy (non-hydrogen) atoms. The van der Waals surface area contributed by atoms with Gasteiger partial charge in [-0.25, -0.2) is 0 Å². The molecular weight excluding hydrogens is 378 g/mol. The summed E-state index contributed by atoms with van der Waals surface area (Å²) in [6.07, 6.45) is 0.756. The van der Waals surface area contributed by atoms with E-state index in [2.05, 4.69) is 37.9 Å². The molecule has 0 aliphatic heterocycles. The van der Waals surface area contributed by atoms with Crippen LogP contribution >= 0.6 is 43.2 Å². The Morgan fingerprint density at radius 1 is 1.33 bits per heavy atom. The molecule has 1 heterocycles. The molecule has 2 nitrogen and oxygen atoms in total. The second-order valence-corrected chi connectivity index (χ2v) is 7.65. The molecule has 1 unspecified atom stereocenters. The van der Waals surface area contributed by atoms with E-state index in [1.54, 1.807) is 18.4 Å². The highest BCUT2D eigenvalue weighted by Gasteiger charge is 2.15. The topological polar surface area (TPSA) is 35.2 Å². The van der Waals surface area contributed by atoms with Gasteiger partial charge in [0, 0.05) is 6.04 Å². The van der Waals surface area contributed by atoms with Gasteiger partial charge in [-0.15, -0.1) is 11.3 Å². The molecule has 0 amide bonds. The third-order valence-corrected chi connectivity index (χ3v) is 5.10. The average Bonchev–Trinajstić information content (AvgIpc) is 2.69. The first-order valence-electron chi connectivity index (χ1n) is 5.44. The van der Waals surface area contributed by atoms with Crippen molar-refractivity contribution < 1.29 is 4.74 Å². The summed E-state index contributed by atoms with van der Waals surface area (Å²) in [7, 11) is 1.68. The van der Waals surface area contributed by atoms with Crippen LogP contribution < -0.4 is 10.5 Å². The van der Waals surface area contributed by atoms with Crippen LogP contribution in [0.4, 0.5) is 0 Å². The van der Waals surface area contributed by atoms with E-state index < -0.39 is 0 Å². The second kappa shape index (κ2) is 6.19. The van der Waals surface area contributed by atoms with Gasteiger partial charge >= 0.3 is 0 Å². The maximum Gasteiger partial charge on any atom is 0.122 e. The van der Waals surface area contributed by atoms with E-state index in [9.17, 15) is 0 Å². The molecule has 1 atom stereocenters. The zero-order valence-corrected chi connectivity index (χ0v) is 13.8. The second-order valence-electron chi connectivity index (χ2n) is 3.90. The lowest BCUT2D eigenvalue weighted by atomic mass is 10.0. The summed E-state index contributed by atoms with van der Waals surface area (Å²) in [5.41, 5.74) is 8.51. The zero-order valence-electron chi connectivity index (χ0n) is 9.82. The highest BCUT2D eigenvalue weighted by molar-refractivity contribution is 9.12. The number of rotatable bonds is 4. The van der Waals surface area contributed by atoms with Gasteiger partial charge in [0.2, 0.25) is 0 Å². The van der Waals surface area contributed by atoms with Gasteiger partial charge in [0.25, 0.3) is 0 Å². The van der Waals surface area contributed by atoms with Crippen LogP contribution in [0.3, 0.4) is 0 Å². The molecule has 2 rings (SSSR count). The summed E-state index contributed by atoms with van der Waals surface area (Å²) >= 11 is 8.66. The molecule has 1 aromatic heterocycles. The standard InChI is InChI=1S/C13H13Br2NOS/c1-17-11-5-3-2-4-8(11)6-10(16)9-7-12(14)18-13(9)15/h2-5,7,10H,6,16H2,1H3. The van der Waals surface area contributed by atoms with Crippen LogP contribution in [0.2, 0.25) is 0 Å². The summed E-state index contributed by atoms with van der Waals surface area (Å²) in [5, 5.41) is 0. The Hall–Kier alpha value is -0.360. The molecule has 0 aliphatic carbocycles. The first-order chi connectivity index (χ1) is 8.61. The number of benzene rings is 1. The lowest BCUT2D eigenvalue weighted by Crippen LogP contribution is -2.13. The van der Waals surface area contributed by atoms with Crippen molar-refractivity contribution >= 4 is 43.2 Å². The summed E-state index contributed by atoms with van der Waals surface area (Å²) in [6.45, 7) is 0. The van der Waals surface area contributed by atoms with Gasteiger partial charge in [0.05, 0.1) is 14.7 Å². The van der Waals surface area contributed by atoms with E-state index in [1.807, 2.05) is 24.3 Å². The molecule has 0 saturated heterocycles. The molecule has 0 spiro atoms. The lowest BCUT2D eigenvalue weighted by molar-refractivity contribution is 0.408. The molecule has 0 aliphatic rings. The van der Waals surface area contributed by atoms with Gasteiger partial charge in [-0.05, 0) is 61.5 Å². The fourth-order valence-corrected chi connectivity index (χ4v) is 4.83. The van der Waals surface area contributed by atoms with E-state index in [0.717, 1.165) is 30.9 Å². The van der Waals surface area contributed by atoms with Crippen molar-refractivity contribution in [2.24, 2.45) is 5.73 Å². The zero-order chi connectivity index (χ0) is 13.1. The van der Waals surface area contributed by atoms with Gasteiger partial charge in [0.15, 0.2) is 0 Å². The number of nitrogens with two attached hydrogens (primary N) is 1. The number of halogens is 2. The first-order valence-corrected chi connectivity index (χ1v) is 7.84. The van der Waals surface area contributed by atoms with Crippen LogP contribution in [0, 0.1) is 0 Å². The largest absolute Gasteiger partial charge is 0.496 e. The number of hydrogen-bond donors (Lipinski definition) is 1. The minimum absolute atomic E-state index is 0.0433. The van der Waals surface area contributed by atoms with Crippen molar-refractivity contribution in [1.29, 1.82) is 0 Å². The van der Waals surface area contributed by atoms with Crippen LogP contribution in [0.25, 0.3) is 0 Å². The summed E-state index contributed by atoms with van der Waals surface area (Å²) < 4.78 is 7.51.